The number of aromatic nitrogens is 1. The molecule has 0 spiro atoms. The number of carboxylic acids is 1. The molecule has 0 bridgehead atoms. The number of nitrogens with zero attached hydrogens (tertiary/aromatic N) is 1. The second-order valence-corrected chi connectivity index (χ2v) is 5.06. The maximum atomic E-state index is 13.5. The Morgan fingerprint density at radius 2 is 2.20 bits per heavy atom. The molecule has 0 atom stereocenters. The van der Waals surface area contributed by atoms with E-state index >= 15 is 0 Å². The normalized spacial score (nSPS) is 10.3. The van der Waals surface area contributed by atoms with Gasteiger partial charge >= 0.3 is 5.97 Å². The van der Waals surface area contributed by atoms with Gasteiger partial charge in [0.2, 0.25) is 0 Å². The molecule has 2 aromatic rings. The molecule has 2 N–H and O–H groups in total. The van der Waals surface area contributed by atoms with E-state index in [9.17, 15) is 14.0 Å². The van der Waals surface area contributed by atoms with Gasteiger partial charge in [0.15, 0.2) is 5.69 Å². The number of carbonyl (C=O) groups is 2. The molecule has 1 amide bonds. The number of hydrogen-bond acceptors (Lipinski definition) is 4. The van der Waals surface area contributed by atoms with Crippen LogP contribution in [-0.2, 0) is 6.54 Å². The fourth-order valence-corrected chi connectivity index (χ4v) is 2.41. The summed E-state index contributed by atoms with van der Waals surface area (Å²) in [5, 5.41) is 12.9. The summed E-state index contributed by atoms with van der Waals surface area (Å²) >= 11 is 6.85. The Hall–Kier alpha value is -1.99. The number of halogens is 2. The Morgan fingerprint density at radius 3 is 2.80 bits per heavy atom. The number of nitrogens with one attached hydrogen (secondary N) is 1. The van der Waals surface area contributed by atoms with Crippen LogP contribution in [-0.4, -0.2) is 22.0 Å². The van der Waals surface area contributed by atoms with Crippen LogP contribution in [0.25, 0.3) is 0 Å². The summed E-state index contributed by atoms with van der Waals surface area (Å²) in [5.74, 6) is -2.54. The number of amides is 1. The van der Waals surface area contributed by atoms with Crippen LogP contribution in [0.5, 0.6) is 0 Å². The zero-order valence-corrected chi connectivity index (χ0v) is 11.5. The van der Waals surface area contributed by atoms with Gasteiger partial charge in [-0.05, 0) is 12.1 Å². The Kier molecular flexibility index (Phi) is 4.31. The van der Waals surface area contributed by atoms with Crippen LogP contribution in [0.4, 0.5) is 4.39 Å². The molecule has 5 nitrogen and oxygen atoms in total. The topological polar surface area (TPSA) is 79.3 Å². The molecule has 8 heteroatoms. The van der Waals surface area contributed by atoms with Gasteiger partial charge in [0.1, 0.15) is 10.8 Å². The predicted molar refractivity (Wildman–Crippen MR) is 71.7 cm³/mol. The summed E-state index contributed by atoms with van der Waals surface area (Å²) in [6, 6.07) is 3.94. The van der Waals surface area contributed by atoms with Crippen molar-refractivity contribution < 1.29 is 19.1 Å². The lowest BCUT2D eigenvalue weighted by Crippen LogP contribution is -2.24. The minimum Gasteiger partial charge on any atom is -0.476 e. The van der Waals surface area contributed by atoms with Gasteiger partial charge < -0.3 is 10.4 Å². The molecule has 0 saturated heterocycles. The van der Waals surface area contributed by atoms with Crippen LogP contribution >= 0.6 is 22.9 Å². The van der Waals surface area contributed by atoms with Gasteiger partial charge in [-0.2, -0.15) is 0 Å². The van der Waals surface area contributed by atoms with Crippen LogP contribution in [0, 0.1) is 5.82 Å². The first-order chi connectivity index (χ1) is 9.49. The van der Waals surface area contributed by atoms with Crippen molar-refractivity contribution in [3.8, 4) is 0 Å². The third kappa shape index (κ3) is 3.12. The molecule has 0 aliphatic rings. The second-order valence-electron chi connectivity index (χ2n) is 3.71. The van der Waals surface area contributed by atoms with E-state index in [2.05, 4.69) is 10.3 Å². The van der Waals surface area contributed by atoms with E-state index in [1.807, 2.05) is 0 Å². The van der Waals surface area contributed by atoms with Crippen LogP contribution < -0.4 is 5.32 Å². The lowest BCUT2D eigenvalue weighted by Gasteiger charge is -2.06. The molecule has 2 rings (SSSR count). The van der Waals surface area contributed by atoms with Crippen LogP contribution in [0.2, 0.25) is 5.02 Å². The number of aromatic carboxylic acids is 1. The summed E-state index contributed by atoms with van der Waals surface area (Å²) in [4.78, 5) is 26.3. The molecule has 1 aromatic heterocycles. The number of benzene rings is 1. The van der Waals surface area contributed by atoms with Crippen molar-refractivity contribution in [2.45, 2.75) is 6.54 Å². The zero-order valence-electron chi connectivity index (χ0n) is 9.89. The highest BCUT2D eigenvalue weighted by Crippen LogP contribution is 2.19. The van der Waals surface area contributed by atoms with Gasteiger partial charge in [-0.25, -0.2) is 14.2 Å². The molecule has 0 aliphatic heterocycles. The number of hydrogen-bond donors (Lipinski definition) is 2. The van der Waals surface area contributed by atoms with Crippen LogP contribution in [0.3, 0.4) is 0 Å². The SMILES string of the molecule is O=C(O)c1csc(CNC(=O)c2c(F)cccc2Cl)n1. The first kappa shape index (κ1) is 14.4. The first-order valence-corrected chi connectivity index (χ1v) is 6.64. The average Bonchev–Trinajstić information content (AvgIpc) is 2.85. The van der Waals surface area contributed by atoms with E-state index in [1.165, 1.54) is 17.5 Å². The number of carboxylic acid groups (broad SMARTS) is 1. The lowest BCUT2D eigenvalue weighted by molar-refractivity contribution is 0.0691. The van der Waals surface area contributed by atoms with Gasteiger partial charge in [0.05, 0.1) is 17.1 Å². The van der Waals surface area contributed by atoms with E-state index < -0.39 is 17.7 Å². The predicted octanol–water partition coefficient (Wildman–Crippen LogP) is 2.56. The molecule has 0 unspecified atom stereocenters. The summed E-state index contributed by atoms with van der Waals surface area (Å²) in [6.45, 7) is 0.00143. The molecular weight excluding hydrogens is 307 g/mol. The summed E-state index contributed by atoms with van der Waals surface area (Å²) in [7, 11) is 0. The fraction of sp³-hybridized carbons (Fsp3) is 0.0833. The Labute approximate surface area is 122 Å². The number of thiazole rings is 1. The van der Waals surface area contributed by atoms with Gasteiger partial charge in [0, 0.05) is 5.38 Å². The van der Waals surface area contributed by atoms with Crippen molar-refractivity contribution in [2.24, 2.45) is 0 Å². The van der Waals surface area contributed by atoms with Crippen molar-refractivity contribution in [1.29, 1.82) is 0 Å². The van der Waals surface area contributed by atoms with E-state index in [1.54, 1.807) is 0 Å². The highest BCUT2D eigenvalue weighted by Gasteiger charge is 2.16. The van der Waals surface area contributed by atoms with E-state index in [0.717, 1.165) is 17.4 Å². The zero-order chi connectivity index (χ0) is 14.7. The molecule has 0 aliphatic carbocycles. The standard InChI is InChI=1S/C12H8ClFN2O3S/c13-6-2-1-3-7(14)10(6)11(17)15-4-9-16-8(5-20-9)12(18)19/h1-3,5H,4H2,(H,15,17)(H,18,19). The Balaban J connectivity index is 2.07. The minimum absolute atomic E-state index is 0.00143. The van der Waals surface area contributed by atoms with E-state index in [0.29, 0.717) is 5.01 Å². The van der Waals surface area contributed by atoms with Crippen LogP contribution in [0.1, 0.15) is 25.9 Å². The Morgan fingerprint density at radius 1 is 1.45 bits per heavy atom. The monoisotopic (exact) mass is 314 g/mol. The average molecular weight is 315 g/mol. The molecule has 0 radical (unpaired) electrons. The molecule has 20 heavy (non-hydrogen) atoms. The molecule has 1 heterocycles. The second kappa shape index (κ2) is 5.98. The fourth-order valence-electron chi connectivity index (χ4n) is 1.45. The molecule has 0 saturated carbocycles. The van der Waals surface area contributed by atoms with Crippen molar-refractivity contribution in [2.75, 3.05) is 0 Å². The van der Waals surface area contributed by atoms with Gasteiger partial charge in [-0.15, -0.1) is 11.3 Å². The largest absolute Gasteiger partial charge is 0.476 e. The molecule has 104 valence electrons. The van der Waals surface area contributed by atoms with Gasteiger partial charge in [0.25, 0.3) is 5.91 Å². The molecule has 1 aromatic carbocycles. The third-order valence-electron chi connectivity index (χ3n) is 2.36. The lowest BCUT2D eigenvalue weighted by atomic mass is 10.2. The summed E-state index contributed by atoms with van der Waals surface area (Å²) in [5.41, 5.74) is -0.340. The minimum atomic E-state index is -1.14. The molecule has 0 fully saturated rings. The quantitative estimate of drug-likeness (QED) is 0.909. The first-order valence-electron chi connectivity index (χ1n) is 5.39. The van der Waals surface area contributed by atoms with Crippen molar-refractivity contribution >= 4 is 34.8 Å². The maximum Gasteiger partial charge on any atom is 0.355 e. The van der Waals surface area contributed by atoms with Gasteiger partial charge in [-0.1, -0.05) is 17.7 Å². The Bertz CT molecular complexity index is 654. The summed E-state index contributed by atoms with van der Waals surface area (Å²) in [6.07, 6.45) is 0. The van der Waals surface area contributed by atoms with Gasteiger partial charge in [-0.3, -0.25) is 4.79 Å². The molecular formula is C12H8ClFN2O3S. The van der Waals surface area contributed by atoms with Crippen LogP contribution in [0.15, 0.2) is 23.6 Å². The van der Waals surface area contributed by atoms with Crippen molar-refractivity contribution in [1.82, 2.24) is 10.3 Å². The van der Waals surface area contributed by atoms with E-state index in [-0.39, 0.29) is 22.8 Å². The highest BCUT2D eigenvalue weighted by atomic mass is 35.5. The number of carbonyl (C=O) groups excluding carboxylic acids is 1. The number of rotatable bonds is 4. The smallest absolute Gasteiger partial charge is 0.355 e. The third-order valence-corrected chi connectivity index (χ3v) is 3.52. The van der Waals surface area contributed by atoms with Crippen molar-refractivity contribution in [3.05, 3.63) is 50.7 Å². The van der Waals surface area contributed by atoms with E-state index in [4.69, 9.17) is 16.7 Å². The maximum absolute atomic E-state index is 13.5. The summed E-state index contributed by atoms with van der Waals surface area (Å²) < 4.78 is 13.5. The highest BCUT2D eigenvalue weighted by molar-refractivity contribution is 7.09. The van der Waals surface area contributed by atoms with Crippen molar-refractivity contribution in [3.63, 3.8) is 0 Å².